The van der Waals surface area contributed by atoms with Crippen molar-refractivity contribution in [2.45, 2.75) is 45.1 Å². The highest BCUT2D eigenvalue weighted by molar-refractivity contribution is 5.83. The van der Waals surface area contributed by atoms with Crippen molar-refractivity contribution in [2.75, 3.05) is 13.1 Å². The van der Waals surface area contributed by atoms with Crippen LogP contribution in [0, 0.1) is 5.92 Å². The third-order valence-corrected chi connectivity index (χ3v) is 3.20. The topological polar surface area (TPSA) is 107 Å². The molecule has 114 valence electrons. The van der Waals surface area contributed by atoms with Crippen molar-refractivity contribution in [3.05, 3.63) is 0 Å². The molecule has 1 saturated carbocycles. The van der Waals surface area contributed by atoms with Crippen LogP contribution in [0.1, 0.15) is 39.0 Å². The number of urea groups is 1. The molecular weight excluding hydrogens is 264 g/mol. The Morgan fingerprint density at radius 3 is 2.40 bits per heavy atom. The number of carbonyl (C=O) groups is 3. The number of carbonyl (C=O) groups excluding carboxylic acids is 1. The molecule has 0 aromatic carbocycles. The predicted octanol–water partition coefficient (Wildman–Crippen LogP) is 1.14. The van der Waals surface area contributed by atoms with Gasteiger partial charge in [0.25, 0.3) is 0 Å². The summed E-state index contributed by atoms with van der Waals surface area (Å²) in [7, 11) is 0. The van der Waals surface area contributed by atoms with Gasteiger partial charge < -0.3 is 20.4 Å². The van der Waals surface area contributed by atoms with Crippen LogP contribution < -0.4 is 5.32 Å². The van der Waals surface area contributed by atoms with Crippen molar-refractivity contribution < 1.29 is 24.6 Å². The third kappa shape index (κ3) is 5.90. The zero-order valence-electron chi connectivity index (χ0n) is 11.7. The maximum Gasteiger partial charge on any atom is 0.326 e. The molecule has 7 nitrogen and oxygen atoms in total. The summed E-state index contributed by atoms with van der Waals surface area (Å²) in [6.45, 7) is 3.17. The lowest BCUT2D eigenvalue weighted by Crippen LogP contribution is -2.48. The van der Waals surface area contributed by atoms with E-state index in [0.29, 0.717) is 19.0 Å². The Balaban J connectivity index is 2.52. The average Bonchev–Trinajstić information content (AvgIpc) is 3.17. The first-order chi connectivity index (χ1) is 9.43. The maximum absolute atomic E-state index is 12.1. The second-order valence-corrected chi connectivity index (χ2v) is 5.16. The Morgan fingerprint density at radius 2 is 1.95 bits per heavy atom. The van der Waals surface area contributed by atoms with Gasteiger partial charge in [-0.05, 0) is 31.6 Å². The van der Waals surface area contributed by atoms with Crippen LogP contribution in [0.3, 0.4) is 0 Å². The Kier molecular flexibility index (Phi) is 6.27. The largest absolute Gasteiger partial charge is 0.481 e. The molecule has 0 bridgehead atoms. The molecule has 1 aliphatic carbocycles. The van der Waals surface area contributed by atoms with E-state index in [-0.39, 0.29) is 12.8 Å². The van der Waals surface area contributed by atoms with Gasteiger partial charge in [-0.15, -0.1) is 0 Å². The second kappa shape index (κ2) is 7.72. The molecule has 0 saturated heterocycles. The van der Waals surface area contributed by atoms with Gasteiger partial charge in [0, 0.05) is 19.5 Å². The van der Waals surface area contributed by atoms with E-state index >= 15 is 0 Å². The van der Waals surface area contributed by atoms with Gasteiger partial charge >= 0.3 is 18.0 Å². The van der Waals surface area contributed by atoms with E-state index < -0.39 is 24.0 Å². The molecule has 0 aromatic rings. The van der Waals surface area contributed by atoms with Crippen LogP contribution in [0.4, 0.5) is 4.79 Å². The fraction of sp³-hybridized carbons (Fsp3) is 0.769. The lowest BCUT2D eigenvalue weighted by Gasteiger charge is -2.24. The Labute approximate surface area is 117 Å². The molecule has 0 aromatic heterocycles. The van der Waals surface area contributed by atoms with Gasteiger partial charge in [0.1, 0.15) is 6.04 Å². The van der Waals surface area contributed by atoms with Gasteiger partial charge in [0.15, 0.2) is 0 Å². The van der Waals surface area contributed by atoms with Crippen LogP contribution in [0.25, 0.3) is 0 Å². The number of hydrogen-bond donors (Lipinski definition) is 3. The fourth-order valence-electron chi connectivity index (χ4n) is 1.92. The van der Waals surface area contributed by atoms with E-state index in [4.69, 9.17) is 10.2 Å². The summed E-state index contributed by atoms with van der Waals surface area (Å²) in [5.41, 5.74) is 0. The second-order valence-electron chi connectivity index (χ2n) is 5.16. The number of carboxylic acid groups (broad SMARTS) is 2. The van der Waals surface area contributed by atoms with Gasteiger partial charge in [-0.1, -0.05) is 6.92 Å². The van der Waals surface area contributed by atoms with Gasteiger partial charge in [-0.3, -0.25) is 4.79 Å². The first kappa shape index (κ1) is 16.3. The van der Waals surface area contributed by atoms with E-state index in [1.807, 2.05) is 6.92 Å². The molecule has 3 N–H and O–H groups in total. The summed E-state index contributed by atoms with van der Waals surface area (Å²) in [6.07, 6.45) is 2.62. The first-order valence-corrected chi connectivity index (χ1v) is 6.94. The number of carboxylic acids is 2. The van der Waals surface area contributed by atoms with Gasteiger partial charge in [-0.2, -0.15) is 0 Å². The van der Waals surface area contributed by atoms with Crippen molar-refractivity contribution in [1.82, 2.24) is 10.2 Å². The summed E-state index contributed by atoms with van der Waals surface area (Å²) < 4.78 is 0. The number of nitrogens with one attached hydrogen (secondary N) is 1. The lowest BCUT2D eigenvalue weighted by molar-refractivity contribution is -0.140. The zero-order valence-corrected chi connectivity index (χ0v) is 11.7. The summed E-state index contributed by atoms with van der Waals surface area (Å²) in [4.78, 5) is 35.2. The van der Waals surface area contributed by atoms with Crippen LogP contribution in [-0.4, -0.2) is 52.2 Å². The summed E-state index contributed by atoms with van der Waals surface area (Å²) in [5, 5.41) is 20.0. The van der Waals surface area contributed by atoms with Crippen molar-refractivity contribution in [2.24, 2.45) is 5.92 Å². The number of hydrogen-bond acceptors (Lipinski definition) is 3. The predicted molar refractivity (Wildman–Crippen MR) is 71.4 cm³/mol. The summed E-state index contributed by atoms with van der Waals surface area (Å²) in [6, 6.07) is -1.58. The Morgan fingerprint density at radius 1 is 1.30 bits per heavy atom. The van der Waals surface area contributed by atoms with Crippen LogP contribution >= 0.6 is 0 Å². The lowest BCUT2D eigenvalue weighted by atomic mass is 10.1. The Hall–Kier alpha value is -1.79. The first-order valence-electron chi connectivity index (χ1n) is 6.94. The molecular formula is C13H22N2O5. The van der Waals surface area contributed by atoms with Crippen molar-refractivity contribution in [1.29, 1.82) is 0 Å². The molecule has 1 atom stereocenters. The van der Waals surface area contributed by atoms with E-state index in [9.17, 15) is 14.4 Å². The minimum atomic E-state index is -1.21. The monoisotopic (exact) mass is 286 g/mol. The van der Waals surface area contributed by atoms with Crippen molar-refractivity contribution >= 4 is 18.0 Å². The fourth-order valence-corrected chi connectivity index (χ4v) is 1.92. The molecule has 0 aliphatic heterocycles. The summed E-state index contributed by atoms with van der Waals surface area (Å²) in [5.74, 6) is -1.76. The van der Waals surface area contributed by atoms with Crippen molar-refractivity contribution in [3.8, 4) is 0 Å². The summed E-state index contributed by atoms with van der Waals surface area (Å²) >= 11 is 0. The van der Waals surface area contributed by atoms with Crippen molar-refractivity contribution in [3.63, 3.8) is 0 Å². The quantitative estimate of drug-likeness (QED) is 0.589. The smallest absolute Gasteiger partial charge is 0.326 e. The van der Waals surface area contributed by atoms with Gasteiger partial charge in [0.05, 0.1) is 0 Å². The maximum atomic E-state index is 12.1. The molecule has 1 rings (SSSR count). The number of aliphatic carboxylic acids is 2. The zero-order chi connectivity index (χ0) is 15.1. The standard InChI is InChI=1S/C13H22N2O5/c1-2-7-15(8-9-3-4-9)13(20)14-10(12(18)19)5-6-11(16)17/h9-10H,2-8H2,1H3,(H,14,20)(H,16,17)(H,18,19)/t10-/m0/s1. The van der Waals surface area contributed by atoms with E-state index in [0.717, 1.165) is 19.3 Å². The SMILES string of the molecule is CCCN(CC1CC1)C(=O)N[C@@H](CCC(=O)O)C(=O)O. The van der Waals surface area contributed by atoms with Crippen LogP contribution in [-0.2, 0) is 9.59 Å². The highest BCUT2D eigenvalue weighted by atomic mass is 16.4. The highest BCUT2D eigenvalue weighted by Crippen LogP contribution is 2.29. The van der Waals surface area contributed by atoms with Crippen LogP contribution in [0.15, 0.2) is 0 Å². The number of nitrogens with zero attached hydrogens (tertiary/aromatic N) is 1. The normalized spacial score (nSPS) is 15.4. The average molecular weight is 286 g/mol. The molecule has 2 amide bonds. The van der Waals surface area contributed by atoms with Gasteiger partial charge in [0.2, 0.25) is 0 Å². The minimum Gasteiger partial charge on any atom is -0.481 e. The molecule has 1 aliphatic rings. The molecule has 0 radical (unpaired) electrons. The third-order valence-electron chi connectivity index (χ3n) is 3.20. The highest BCUT2D eigenvalue weighted by Gasteiger charge is 2.28. The minimum absolute atomic E-state index is 0.111. The molecule has 0 unspecified atom stereocenters. The van der Waals surface area contributed by atoms with Crippen LogP contribution in [0.2, 0.25) is 0 Å². The molecule has 0 heterocycles. The molecule has 0 spiro atoms. The van der Waals surface area contributed by atoms with Gasteiger partial charge in [-0.25, -0.2) is 9.59 Å². The van der Waals surface area contributed by atoms with E-state index in [1.165, 1.54) is 0 Å². The van der Waals surface area contributed by atoms with Crippen LogP contribution in [0.5, 0.6) is 0 Å². The number of rotatable bonds is 9. The molecule has 20 heavy (non-hydrogen) atoms. The molecule has 1 fully saturated rings. The Bertz CT molecular complexity index is 368. The van der Waals surface area contributed by atoms with E-state index in [2.05, 4.69) is 5.32 Å². The number of amides is 2. The van der Waals surface area contributed by atoms with E-state index in [1.54, 1.807) is 4.90 Å². The molecule has 7 heteroatoms.